The van der Waals surface area contributed by atoms with E-state index >= 15 is 0 Å². The van der Waals surface area contributed by atoms with Crippen LogP contribution in [0.4, 0.5) is 0 Å². The lowest BCUT2D eigenvalue weighted by Gasteiger charge is -2.34. The number of likely N-dealkylation sites (tertiary alicyclic amines) is 1. The first-order chi connectivity index (χ1) is 7.06. The number of nitrogens with zero attached hydrogens (tertiary/aromatic N) is 2. The Kier molecular flexibility index (Phi) is 4.27. The van der Waals surface area contributed by atoms with Gasteiger partial charge in [-0.05, 0) is 32.9 Å². The third kappa shape index (κ3) is 3.02. The summed E-state index contributed by atoms with van der Waals surface area (Å²) in [6, 6.07) is -0.0624. The first-order valence-electron chi connectivity index (χ1n) is 5.46. The molecular weight excluding hydrogens is 192 g/mol. The summed E-state index contributed by atoms with van der Waals surface area (Å²) < 4.78 is 0. The van der Waals surface area contributed by atoms with Crippen molar-refractivity contribution in [2.45, 2.75) is 25.8 Å². The average Bonchev–Trinajstić information content (AvgIpc) is 2.27. The lowest BCUT2D eigenvalue weighted by atomic mass is 9.97. The van der Waals surface area contributed by atoms with Gasteiger partial charge in [-0.1, -0.05) is 0 Å². The Balaban J connectivity index is 2.45. The first-order valence-corrected chi connectivity index (χ1v) is 5.46. The van der Waals surface area contributed by atoms with E-state index in [0.717, 1.165) is 32.2 Å². The highest BCUT2D eigenvalue weighted by Gasteiger charge is 2.26. The molecule has 0 spiro atoms. The summed E-state index contributed by atoms with van der Waals surface area (Å²) >= 11 is 0. The molecule has 4 heteroatoms. The predicted molar refractivity (Wildman–Crippen MR) is 58.5 cm³/mol. The van der Waals surface area contributed by atoms with E-state index in [1.165, 1.54) is 0 Å². The van der Waals surface area contributed by atoms with Crippen LogP contribution < -0.4 is 0 Å². The second-order valence-corrected chi connectivity index (χ2v) is 4.42. The minimum Gasteiger partial charge on any atom is -0.347 e. The molecular formula is C11H20N2O2. The summed E-state index contributed by atoms with van der Waals surface area (Å²) in [6.45, 7) is 3.64. The van der Waals surface area contributed by atoms with Crippen LogP contribution in [0.1, 0.15) is 19.8 Å². The topological polar surface area (TPSA) is 40.6 Å². The number of amides is 1. The fourth-order valence-electron chi connectivity index (χ4n) is 1.97. The molecule has 86 valence electrons. The summed E-state index contributed by atoms with van der Waals surface area (Å²) in [5.41, 5.74) is 0. The van der Waals surface area contributed by atoms with Crippen molar-refractivity contribution in [2.24, 2.45) is 5.92 Å². The number of carbonyl (C=O) groups excluding carboxylic acids is 2. The Hall–Kier alpha value is -0.900. The highest BCUT2D eigenvalue weighted by Crippen LogP contribution is 2.17. The van der Waals surface area contributed by atoms with Gasteiger partial charge in [0.25, 0.3) is 0 Å². The summed E-state index contributed by atoms with van der Waals surface area (Å²) in [5.74, 6) is 0.336. The molecule has 0 aromatic carbocycles. The third-order valence-electron chi connectivity index (χ3n) is 3.11. The van der Waals surface area contributed by atoms with Crippen LogP contribution in [0.3, 0.4) is 0 Å². The van der Waals surface area contributed by atoms with Crippen molar-refractivity contribution in [3.8, 4) is 0 Å². The van der Waals surface area contributed by atoms with Crippen LogP contribution in [0.15, 0.2) is 0 Å². The minimum atomic E-state index is -0.0624. The van der Waals surface area contributed by atoms with Gasteiger partial charge in [-0.3, -0.25) is 9.69 Å². The molecule has 1 aliphatic rings. The van der Waals surface area contributed by atoms with Crippen molar-refractivity contribution in [3.05, 3.63) is 0 Å². The molecule has 0 aliphatic carbocycles. The molecule has 1 unspecified atom stereocenters. The lowest BCUT2D eigenvalue weighted by molar-refractivity contribution is -0.134. The zero-order chi connectivity index (χ0) is 11.4. The number of hydrogen-bond acceptors (Lipinski definition) is 3. The minimum absolute atomic E-state index is 0.0624. The first kappa shape index (κ1) is 12.2. The fourth-order valence-corrected chi connectivity index (χ4v) is 1.97. The van der Waals surface area contributed by atoms with Crippen LogP contribution in [0.25, 0.3) is 0 Å². The van der Waals surface area contributed by atoms with E-state index in [2.05, 4.69) is 4.90 Å². The van der Waals surface area contributed by atoms with Gasteiger partial charge < -0.3 is 9.69 Å². The Morgan fingerprint density at radius 2 is 1.93 bits per heavy atom. The summed E-state index contributed by atoms with van der Waals surface area (Å²) in [5, 5.41) is 0. The molecule has 0 saturated carbocycles. The van der Waals surface area contributed by atoms with Crippen molar-refractivity contribution >= 4 is 12.2 Å². The molecule has 0 aromatic heterocycles. The van der Waals surface area contributed by atoms with Crippen molar-refractivity contribution < 1.29 is 9.59 Å². The third-order valence-corrected chi connectivity index (χ3v) is 3.11. The molecule has 1 atom stereocenters. The number of rotatable bonds is 3. The Labute approximate surface area is 91.2 Å². The monoisotopic (exact) mass is 212 g/mol. The quantitative estimate of drug-likeness (QED) is 0.635. The Morgan fingerprint density at radius 1 is 1.40 bits per heavy atom. The molecule has 0 aromatic rings. The van der Waals surface area contributed by atoms with Crippen LogP contribution in [0, 0.1) is 5.92 Å². The average molecular weight is 212 g/mol. The van der Waals surface area contributed by atoms with Crippen molar-refractivity contribution in [1.29, 1.82) is 0 Å². The molecule has 1 saturated heterocycles. The number of carbonyl (C=O) groups is 2. The maximum atomic E-state index is 11.7. The van der Waals surface area contributed by atoms with Gasteiger partial charge in [-0.2, -0.15) is 0 Å². The van der Waals surface area contributed by atoms with E-state index in [4.69, 9.17) is 0 Å². The van der Waals surface area contributed by atoms with Crippen LogP contribution in [-0.4, -0.2) is 55.2 Å². The van der Waals surface area contributed by atoms with E-state index in [-0.39, 0.29) is 17.9 Å². The molecule has 1 heterocycles. The van der Waals surface area contributed by atoms with Gasteiger partial charge in [0.15, 0.2) is 0 Å². The van der Waals surface area contributed by atoms with E-state index < -0.39 is 0 Å². The van der Waals surface area contributed by atoms with Crippen molar-refractivity contribution in [1.82, 2.24) is 9.80 Å². The van der Waals surface area contributed by atoms with Gasteiger partial charge in [0, 0.05) is 20.0 Å². The molecule has 0 bridgehead atoms. The highest BCUT2D eigenvalue weighted by atomic mass is 16.2. The lowest BCUT2D eigenvalue weighted by Crippen LogP contribution is -2.48. The number of aldehydes is 1. The normalized spacial score (nSPS) is 21.0. The maximum Gasteiger partial charge on any atom is 0.239 e. The van der Waals surface area contributed by atoms with Crippen molar-refractivity contribution in [3.63, 3.8) is 0 Å². The second-order valence-electron chi connectivity index (χ2n) is 4.42. The summed E-state index contributed by atoms with van der Waals surface area (Å²) in [4.78, 5) is 26.1. The smallest absolute Gasteiger partial charge is 0.239 e. The standard InChI is InChI=1S/C11H20N2O2/c1-9(11(15)12(2)3)13-6-4-10(8-14)5-7-13/h8-10H,4-7H2,1-3H3. The molecule has 1 rings (SSSR count). The van der Waals surface area contributed by atoms with E-state index in [1.54, 1.807) is 19.0 Å². The SMILES string of the molecule is CC(C(=O)N(C)C)N1CCC(C=O)CC1. The largest absolute Gasteiger partial charge is 0.347 e. The maximum absolute atomic E-state index is 11.7. The molecule has 15 heavy (non-hydrogen) atoms. The van der Waals surface area contributed by atoms with Crippen LogP contribution in [0.5, 0.6) is 0 Å². The van der Waals surface area contributed by atoms with Crippen LogP contribution in [-0.2, 0) is 9.59 Å². The van der Waals surface area contributed by atoms with Crippen LogP contribution >= 0.6 is 0 Å². The zero-order valence-electron chi connectivity index (χ0n) is 9.77. The number of piperidine rings is 1. The van der Waals surface area contributed by atoms with Gasteiger partial charge in [-0.15, -0.1) is 0 Å². The number of hydrogen-bond donors (Lipinski definition) is 0. The van der Waals surface area contributed by atoms with Gasteiger partial charge in [-0.25, -0.2) is 0 Å². The number of likely N-dealkylation sites (N-methyl/N-ethyl adjacent to an activating group) is 1. The molecule has 4 nitrogen and oxygen atoms in total. The van der Waals surface area contributed by atoms with E-state index in [9.17, 15) is 9.59 Å². The van der Waals surface area contributed by atoms with E-state index in [1.807, 2.05) is 6.92 Å². The van der Waals surface area contributed by atoms with Crippen molar-refractivity contribution in [2.75, 3.05) is 27.2 Å². The zero-order valence-corrected chi connectivity index (χ0v) is 9.77. The summed E-state index contributed by atoms with van der Waals surface area (Å²) in [6.07, 6.45) is 2.80. The molecule has 0 N–H and O–H groups in total. The fraction of sp³-hybridized carbons (Fsp3) is 0.818. The van der Waals surface area contributed by atoms with Gasteiger partial charge in [0.1, 0.15) is 6.29 Å². The molecule has 1 aliphatic heterocycles. The van der Waals surface area contributed by atoms with Gasteiger partial charge >= 0.3 is 0 Å². The molecule has 1 amide bonds. The highest BCUT2D eigenvalue weighted by molar-refractivity contribution is 5.80. The second kappa shape index (κ2) is 5.26. The molecule has 0 radical (unpaired) electrons. The van der Waals surface area contributed by atoms with Crippen LogP contribution in [0.2, 0.25) is 0 Å². The summed E-state index contributed by atoms with van der Waals surface area (Å²) in [7, 11) is 3.55. The predicted octanol–water partition coefficient (Wildman–Crippen LogP) is 0.374. The Morgan fingerprint density at radius 3 is 2.33 bits per heavy atom. The van der Waals surface area contributed by atoms with E-state index in [0.29, 0.717) is 0 Å². The Bertz CT molecular complexity index is 233. The van der Waals surface area contributed by atoms with Gasteiger partial charge in [0.05, 0.1) is 6.04 Å². The van der Waals surface area contributed by atoms with Gasteiger partial charge in [0.2, 0.25) is 5.91 Å². The molecule has 1 fully saturated rings.